The highest BCUT2D eigenvalue weighted by atomic mass is 16.5. The minimum Gasteiger partial charge on any atom is -0.464 e. The van der Waals surface area contributed by atoms with Gasteiger partial charge < -0.3 is 14.7 Å². The lowest BCUT2D eigenvalue weighted by atomic mass is 9.82. The van der Waals surface area contributed by atoms with E-state index in [9.17, 15) is 5.11 Å². The van der Waals surface area contributed by atoms with Gasteiger partial charge in [-0.1, -0.05) is 0 Å². The van der Waals surface area contributed by atoms with Crippen molar-refractivity contribution in [3.63, 3.8) is 0 Å². The third-order valence-corrected chi connectivity index (χ3v) is 3.09. The lowest BCUT2D eigenvalue weighted by Gasteiger charge is -2.34. The summed E-state index contributed by atoms with van der Waals surface area (Å²) in [7, 11) is 1.90. The van der Waals surface area contributed by atoms with Crippen LogP contribution in [0.3, 0.4) is 0 Å². The summed E-state index contributed by atoms with van der Waals surface area (Å²) < 4.78 is 5.28. The molecule has 0 radical (unpaired) electrons. The normalized spacial score (nSPS) is 21.7. The summed E-state index contributed by atoms with van der Waals surface area (Å²) in [6.07, 6.45) is 1.50. The molecule has 0 aromatic carbocycles. The highest BCUT2D eigenvalue weighted by molar-refractivity contribution is 5.37. The fourth-order valence-electron chi connectivity index (χ4n) is 2.09. The predicted octanol–water partition coefficient (Wildman–Crippen LogP) is -0.237. The Hall–Kier alpha value is -1.67. The number of nitrogens with zero attached hydrogens (tertiary/aromatic N) is 4. The summed E-state index contributed by atoms with van der Waals surface area (Å²) in [5.41, 5.74) is 2.40. The second-order valence-corrected chi connectivity index (χ2v) is 4.69. The van der Waals surface area contributed by atoms with E-state index in [4.69, 9.17) is 10.6 Å². The van der Waals surface area contributed by atoms with Gasteiger partial charge in [0.15, 0.2) is 0 Å². The topological polar surface area (TPSA) is 109 Å². The van der Waals surface area contributed by atoms with Crippen LogP contribution in [0, 0.1) is 5.92 Å². The van der Waals surface area contributed by atoms with Crippen molar-refractivity contribution in [2.24, 2.45) is 11.8 Å². The van der Waals surface area contributed by atoms with E-state index in [1.807, 2.05) is 18.9 Å². The maximum absolute atomic E-state index is 9.29. The van der Waals surface area contributed by atoms with E-state index in [0.717, 1.165) is 19.4 Å². The van der Waals surface area contributed by atoms with Crippen LogP contribution >= 0.6 is 0 Å². The first kappa shape index (κ1) is 13.8. The Morgan fingerprint density at radius 3 is 2.74 bits per heavy atom. The Labute approximate surface area is 112 Å². The zero-order valence-corrected chi connectivity index (χ0v) is 11.2. The van der Waals surface area contributed by atoms with Crippen molar-refractivity contribution in [2.45, 2.75) is 25.9 Å². The molecule has 0 unspecified atom stereocenters. The number of aliphatic hydroxyl groups excluding tert-OH is 1. The summed E-state index contributed by atoms with van der Waals surface area (Å²) >= 11 is 0. The van der Waals surface area contributed by atoms with Crippen molar-refractivity contribution < 1.29 is 9.84 Å². The van der Waals surface area contributed by atoms with Crippen LogP contribution in [0.2, 0.25) is 0 Å². The Morgan fingerprint density at radius 2 is 2.16 bits per heavy atom. The van der Waals surface area contributed by atoms with Gasteiger partial charge in [-0.2, -0.15) is 15.0 Å². The van der Waals surface area contributed by atoms with Gasteiger partial charge >= 0.3 is 6.01 Å². The average molecular weight is 268 g/mol. The molecule has 2 rings (SSSR count). The minimum absolute atomic E-state index is 0.156. The van der Waals surface area contributed by atoms with Gasteiger partial charge in [-0.05, 0) is 25.7 Å². The van der Waals surface area contributed by atoms with Gasteiger partial charge in [0.1, 0.15) is 0 Å². The maximum Gasteiger partial charge on any atom is 0.323 e. The molecule has 1 heterocycles. The molecule has 0 spiro atoms. The number of ether oxygens (including phenoxy) is 1. The van der Waals surface area contributed by atoms with Crippen molar-refractivity contribution in [3.8, 4) is 6.01 Å². The molecule has 8 nitrogen and oxygen atoms in total. The molecule has 1 aliphatic carbocycles. The Balaban J connectivity index is 2.06. The van der Waals surface area contributed by atoms with Crippen LogP contribution in [0.5, 0.6) is 6.01 Å². The molecule has 0 aliphatic heterocycles. The molecule has 0 saturated heterocycles. The molecule has 0 amide bonds. The van der Waals surface area contributed by atoms with E-state index in [0.29, 0.717) is 18.5 Å². The van der Waals surface area contributed by atoms with Gasteiger partial charge in [0, 0.05) is 13.6 Å². The molecule has 1 aromatic rings. The van der Waals surface area contributed by atoms with Gasteiger partial charge in [-0.3, -0.25) is 5.43 Å². The number of anilines is 2. The van der Waals surface area contributed by atoms with Crippen LogP contribution < -0.4 is 20.9 Å². The summed E-state index contributed by atoms with van der Waals surface area (Å²) in [5, 5.41) is 9.29. The van der Waals surface area contributed by atoms with E-state index < -0.39 is 0 Å². The van der Waals surface area contributed by atoms with Gasteiger partial charge in [-0.25, -0.2) is 5.84 Å². The average Bonchev–Trinajstić information content (AvgIpc) is 2.36. The SMILES string of the molecule is CCOc1nc(NN)nc(N(C)CC2CC(O)C2)n1. The van der Waals surface area contributed by atoms with Crippen LogP contribution in [0.25, 0.3) is 0 Å². The number of hydrogen-bond acceptors (Lipinski definition) is 8. The highest BCUT2D eigenvalue weighted by Crippen LogP contribution is 2.28. The first-order valence-electron chi connectivity index (χ1n) is 6.37. The van der Waals surface area contributed by atoms with Gasteiger partial charge in [0.25, 0.3) is 0 Å². The lowest BCUT2D eigenvalue weighted by molar-refractivity contribution is 0.0463. The van der Waals surface area contributed by atoms with Gasteiger partial charge in [0.05, 0.1) is 12.7 Å². The fourth-order valence-corrected chi connectivity index (χ4v) is 2.09. The molecule has 8 heteroatoms. The number of hydrogen-bond donors (Lipinski definition) is 3. The smallest absolute Gasteiger partial charge is 0.323 e. The van der Waals surface area contributed by atoms with E-state index >= 15 is 0 Å². The molecular formula is C11H20N6O2. The van der Waals surface area contributed by atoms with Crippen molar-refractivity contribution in [1.82, 2.24) is 15.0 Å². The molecule has 1 aliphatic rings. The number of nitrogen functional groups attached to an aromatic ring is 1. The van der Waals surface area contributed by atoms with Crippen LogP contribution in [-0.2, 0) is 0 Å². The molecule has 1 saturated carbocycles. The van der Waals surface area contributed by atoms with Crippen LogP contribution in [0.4, 0.5) is 11.9 Å². The Morgan fingerprint density at radius 1 is 1.42 bits per heavy atom. The maximum atomic E-state index is 9.29. The first-order chi connectivity index (χ1) is 9.12. The molecule has 106 valence electrons. The molecule has 0 atom stereocenters. The summed E-state index contributed by atoms with van der Waals surface area (Å²) in [6.45, 7) is 3.13. The second kappa shape index (κ2) is 5.98. The van der Waals surface area contributed by atoms with E-state index in [1.165, 1.54) is 0 Å². The van der Waals surface area contributed by atoms with Gasteiger partial charge in [0.2, 0.25) is 11.9 Å². The number of hydrazine groups is 1. The third-order valence-electron chi connectivity index (χ3n) is 3.09. The fraction of sp³-hybridized carbons (Fsp3) is 0.727. The van der Waals surface area contributed by atoms with Crippen LogP contribution in [0.15, 0.2) is 0 Å². The molecule has 19 heavy (non-hydrogen) atoms. The van der Waals surface area contributed by atoms with E-state index in [2.05, 4.69) is 20.4 Å². The largest absolute Gasteiger partial charge is 0.464 e. The summed E-state index contributed by atoms with van der Waals surface area (Å²) in [5.74, 6) is 6.58. The van der Waals surface area contributed by atoms with Crippen LogP contribution in [-0.4, -0.2) is 46.4 Å². The second-order valence-electron chi connectivity index (χ2n) is 4.69. The predicted molar refractivity (Wildman–Crippen MR) is 70.8 cm³/mol. The summed E-state index contributed by atoms with van der Waals surface area (Å²) in [6, 6.07) is 0.251. The Bertz CT molecular complexity index is 424. The number of rotatable bonds is 6. The van der Waals surface area contributed by atoms with Crippen LogP contribution in [0.1, 0.15) is 19.8 Å². The molecule has 0 bridgehead atoms. The van der Waals surface area contributed by atoms with Crippen molar-refractivity contribution in [1.29, 1.82) is 0 Å². The lowest BCUT2D eigenvalue weighted by Crippen LogP contribution is -2.37. The quantitative estimate of drug-likeness (QED) is 0.479. The van der Waals surface area contributed by atoms with Crippen molar-refractivity contribution in [3.05, 3.63) is 0 Å². The van der Waals surface area contributed by atoms with Crippen molar-refractivity contribution in [2.75, 3.05) is 30.5 Å². The highest BCUT2D eigenvalue weighted by Gasteiger charge is 2.28. The third kappa shape index (κ3) is 3.42. The molecule has 1 aromatic heterocycles. The minimum atomic E-state index is -0.156. The monoisotopic (exact) mass is 268 g/mol. The zero-order valence-electron chi connectivity index (χ0n) is 11.2. The van der Waals surface area contributed by atoms with E-state index in [1.54, 1.807) is 0 Å². The molecular weight excluding hydrogens is 248 g/mol. The molecule has 1 fully saturated rings. The zero-order chi connectivity index (χ0) is 13.8. The van der Waals surface area contributed by atoms with E-state index in [-0.39, 0.29) is 18.1 Å². The van der Waals surface area contributed by atoms with Gasteiger partial charge in [-0.15, -0.1) is 0 Å². The standard InChI is InChI=1S/C11H20N6O2/c1-3-19-11-14-9(16-12)13-10(15-11)17(2)6-7-4-8(18)5-7/h7-8,18H,3-6,12H2,1-2H3,(H,13,14,15,16). The van der Waals surface area contributed by atoms with Crippen molar-refractivity contribution >= 4 is 11.9 Å². The number of aromatic nitrogens is 3. The number of aliphatic hydroxyl groups is 1. The molecule has 4 N–H and O–H groups in total. The Kier molecular flexibility index (Phi) is 4.33. The first-order valence-corrected chi connectivity index (χ1v) is 6.37. The number of nitrogens with two attached hydrogens (primary N) is 1. The summed E-state index contributed by atoms with van der Waals surface area (Å²) in [4.78, 5) is 14.3. The number of nitrogens with one attached hydrogen (secondary N) is 1.